The molecule has 0 unspecified atom stereocenters. The maximum absolute atomic E-state index is 11.1. The van der Waals surface area contributed by atoms with Crippen molar-refractivity contribution in [3.8, 4) is 0 Å². The first-order valence-electron chi connectivity index (χ1n) is 5.71. The largest absolute Gasteiger partial charge is 0.430 e. The van der Waals surface area contributed by atoms with Gasteiger partial charge in [-0.3, -0.25) is 4.79 Å². The lowest BCUT2D eigenvalue weighted by atomic mass is 9.95. The number of hydrogen-bond acceptors (Lipinski definition) is 2. The van der Waals surface area contributed by atoms with Crippen molar-refractivity contribution in [1.82, 2.24) is 0 Å². The highest BCUT2D eigenvalue weighted by molar-refractivity contribution is 5.82. The summed E-state index contributed by atoms with van der Waals surface area (Å²) in [4.78, 5) is 11.1. The molecule has 0 amide bonds. The van der Waals surface area contributed by atoms with Crippen molar-refractivity contribution in [3.05, 3.63) is 11.8 Å². The normalized spacial score (nSPS) is 23.4. The molecule has 0 aliphatic carbocycles. The van der Waals surface area contributed by atoms with Gasteiger partial charge in [0.05, 0.1) is 0 Å². The average Bonchev–Trinajstić information content (AvgIpc) is 2.17. The third-order valence-electron chi connectivity index (χ3n) is 2.60. The van der Waals surface area contributed by atoms with Crippen LogP contribution in [0, 0.1) is 5.92 Å². The number of cyclic esters (lactones) is 1. The quantitative estimate of drug-likeness (QED) is 0.480. The van der Waals surface area contributed by atoms with Crippen molar-refractivity contribution in [2.75, 3.05) is 0 Å². The summed E-state index contributed by atoms with van der Waals surface area (Å²) < 4.78 is 5.02. The molecule has 1 aliphatic rings. The second-order valence-corrected chi connectivity index (χ2v) is 3.86. The Bertz CT molecular complexity index is 218. The van der Waals surface area contributed by atoms with E-state index >= 15 is 0 Å². The first kappa shape index (κ1) is 11.3. The van der Waals surface area contributed by atoms with Gasteiger partial charge >= 0.3 is 5.97 Å². The summed E-state index contributed by atoms with van der Waals surface area (Å²) in [5.74, 6) is 0.991. The van der Waals surface area contributed by atoms with Crippen molar-refractivity contribution < 1.29 is 9.53 Å². The number of ether oxygens (including phenoxy) is 1. The third kappa shape index (κ3) is 2.86. The first-order valence-corrected chi connectivity index (χ1v) is 5.71. The van der Waals surface area contributed by atoms with Crippen LogP contribution in [-0.2, 0) is 9.53 Å². The minimum absolute atomic E-state index is 0.0267. The van der Waals surface area contributed by atoms with Gasteiger partial charge in [0.2, 0.25) is 0 Å². The van der Waals surface area contributed by atoms with Crippen LogP contribution >= 0.6 is 0 Å². The molecule has 0 aromatic rings. The van der Waals surface area contributed by atoms with Gasteiger partial charge in [-0.2, -0.15) is 0 Å². The van der Waals surface area contributed by atoms with Gasteiger partial charge in [0.1, 0.15) is 11.7 Å². The fourth-order valence-corrected chi connectivity index (χ4v) is 1.62. The highest BCUT2D eigenvalue weighted by Gasteiger charge is 2.36. The van der Waals surface area contributed by atoms with Crippen LogP contribution in [0.2, 0.25) is 0 Å². The van der Waals surface area contributed by atoms with Crippen molar-refractivity contribution in [3.63, 3.8) is 0 Å². The van der Waals surface area contributed by atoms with E-state index in [0.717, 1.165) is 31.4 Å². The molecule has 0 saturated carbocycles. The highest BCUT2D eigenvalue weighted by atomic mass is 16.6. The molecule has 0 aromatic heterocycles. The lowest BCUT2D eigenvalue weighted by Crippen LogP contribution is -2.32. The minimum Gasteiger partial charge on any atom is -0.430 e. The van der Waals surface area contributed by atoms with E-state index in [2.05, 4.69) is 19.9 Å². The Kier molecular flexibility index (Phi) is 4.71. The summed E-state index contributed by atoms with van der Waals surface area (Å²) >= 11 is 0. The topological polar surface area (TPSA) is 26.3 Å². The second kappa shape index (κ2) is 5.84. The fourth-order valence-electron chi connectivity index (χ4n) is 1.62. The maximum atomic E-state index is 11.1. The zero-order chi connectivity index (χ0) is 10.4. The molecule has 2 nitrogen and oxygen atoms in total. The monoisotopic (exact) mass is 196 g/mol. The molecule has 0 N–H and O–H groups in total. The van der Waals surface area contributed by atoms with Crippen LogP contribution < -0.4 is 0 Å². The van der Waals surface area contributed by atoms with Crippen LogP contribution in [0.3, 0.4) is 0 Å². The SMILES string of the molecule is CCCCC=C1OC(=O)[C@@H]1CCCC. The summed E-state index contributed by atoms with van der Waals surface area (Å²) in [6, 6.07) is 0. The van der Waals surface area contributed by atoms with Crippen molar-refractivity contribution >= 4 is 5.97 Å². The van der Waals surface area contributed by atoms with Crippen LogP contribution in [0.15, 0.2) is 11.8 Å². The Morgan fingerprint density at radius 2 is 2.00 bits per heavy atom. The van der Waals surface area contributed by atoms with Crippen LogP contribution in [-0.4, -0.2) is 5.97 Å². The molecule has 0 spiro atoms. The van der Waals surface area contributed by atoms with E-state index < -0.39 is 0 Å². The number of hydrogen-bond donors (Lipinski definition) is 0. The first-order chi connectivity index (χ1) is 6.79. The molecule has 1 fully saturated rings. The number of carbonyl (C=O) groups excluding carboxylic acids is 1. The van der Waals surface area contributed by atoms with Gasteiger partial charge in [-0.05, 0) is 25.3 Å². The molecule has 1 aliphatic heterocycles. The summed E-state index contributed by atoms with van der Waals surface area (Å²) in [5, 5.41) is 0. The van der Waals surface area contributed by atoms with Gasteiger partial charge in [-0.15, -0.1) is 0 Å². The van der Waals surface area contributed by atoms with Crippen molar-refractivity contribution in [2.24, 2.45) is 5.92 Å². The fraction of sp³-hybridized carbons (Fsp3) is 0.750. The zero-order valence-corrected chi connectivity index (χ0v) is 9.21. The third-order valence-corrected chi connectivity index (χ3v) is 2.60. The van der Waals surface area contributed by atoms with Gasteiger partial charge in [-0.25, -0.2) is 0 Å². The standard InChI is InChI=1S/C12H20O2/c1-3-5-7-9-11-10(8-6-4-2)12(13)14-11/h9-10H,3-8H2,1-2H3/t10-/m1/s1. The Balaban J connectivity index is 2.31. The van der Waals surface area contributed by atoms with Crippen molar-refractivity contribution in [2.45, 2.75) is 52.4 Å². The summed E-state index contributed by atoms with van der Waals surface area (Å²) in [6.07, 6.45) is 8.73. The number of unbranched alkanes of at least 4 members (excludes halogenated alkanes) is 3. The molecule has 1 atom stereocenters. The minimum atomic E-state index is -0.0267. The van der Waals surface area contributed by atoms with E-state index in [1.165, 1.54) is 12.8 Å². The van der Waals surface area contributed by atoms with E-state index in [9.17, 15) is 4.79 Å². The van der Waals surface area contributed by atoms with E-state index in [1.807, 2.05) is 0 Å². The maximum Gasteiger partial charge on any atom is 0.321 e. The summed E-state index contributed by atoms with van der Waals surface area (Å²) in [7, 11) is 0. The number of esters is 1. The molecule has 80 valence electrons. The van der Waals surface area contributed by atoms with Gasteiger partial charge < -0.3 is 4.74 Å². The van der Waals surface area contributed by atoms with Crippen LogP contribution in [0.4, 0.5) is 0 Å². The van der Waals surface area contributed by atoms with E-state index in [4.69, 9.17) is 4.74 Å². The predicted octanol–water partition coefficient (Wildman–Crippen LogP) is 3.42. The number of carbonyl (C=O) groups is 1. The van der Waals surface area contributed by atoms with E-state index in [0.29, 0.717) is 0 Å². The van der Waals surface area contributed by atoms with Crippen LogP contribution in [0.1, 0.15) is 52.4 Å². The molecule has 0 aromatic carbocycles. The molecular weight excluding hydrogens is 176 g/mol. The van der Waals surface area contributed by atoms with Crippen LogP contribution in [0.5, 0.6) is 0 Å². The van der Waals surface area contributed by atoms with Gasteiger partial charge in [0.15, 0.2) is 0 Å². The van der Waals surface area contributed by atoms with E-state index in [-0.39, 0.29) is 11.9 Å². The lowest BCUT2D eigenvalue weighted by molar-refractivity contribution is -0.157. The molecule has 2 heteroatoms. The van der Waals surface area contributed by atoms with Gasteiger partial charge in [-0.1, -0.05) is 33.1 Å². The average molecular weight is 196 g/mol. The van der Waals surface area contributed by atoms with Crippen LogP contribution in [0.25, 0.3) is 0 Å². The van der Waals surface area contributed by atoms with Gasteiger partial charge in [0, 0.05) is 0 Å². The molecule has 0 radical (unpaired) electrons. The number of rotatable bonds is 6. The Hall–Kier alpha value is -0.790. The summed E-state index contributed by atoms with van der Waals surface area (Å²) in [6.45, 7) is 4.31. The number of allylic oxidation sites excluding steroid dienone is 1. The molecule has 1 rings (SSSR count). The molecule has 14 heavy (non-hydrogen) atoms. The second-order valence-electron chi connectivity index (χ2n) is 3.86. The van der Waals surface area contributed by atoms with E-state index in [1.54, 1.807) is 0 Å². The van der Waals surface area contributed by atoms with Gasteiger partial charge in [0.25, 0.3) is 0 Å². The summed E-state index contributed by atoms with van der Waals surface area (Å²) in [5.41, 5.74) is 0. The molecular formula is C12H20O2. The molecule has 0 bridgehead atoms. The molecule has 1 saturated heterocycles. The van der Waals surface area contributed by atoms with Crippen molar-refractivity contribution in [1.29, 1.82) is 0 Å². The predicted molar refractivity (Wildman–Crippen MR) is 56.7 cm³/mol. The highest BCUT2D eigenvalue weighted by Crippen LogP contribution is 2.31. The Morgan fingerprint density at radius 1 is 1.29 bits per heavy atom. The zero-order valence-electron chi connectivity index (χ0n) is 9.21. The molecule has 1 heterocycles. The lowest BCUT2D eigenvalue weighted by Gasteiger charge is -2.27. The smallest absolute Gasteiger partial charge is 0.321 e. The Labute approximate surface area is 86.3 Å². The Morgan fingerprint density at radius 3 is 2.57 bits per heavy atom.